The van der Waals surface area contributed by atoms with Crippen LogP contribution in [0.15, 0.2) is 18.2 Å². The molecule has 2 N–H and O–H groups in total. The molecule has 1 aliphatic carbocycles. The third-order valence-electron chi connectivity index (χ3n) is 3.76. The van der Waals surface area contributed by atoms with Crippen molar-refractivity contribution in [3.05, 3.63) is 34.3 Å². The molecule has 2 unspecified atom stereocenters. The topological polar surface area (TPSA) is 41.1 Å². The Balaban J connectivity index is 0.00000120. The molecule has 18 heavy (non-hydrogen) atoms. The number of rotatable bonds is 2. The lowest BCUT2D eigenvalue weighted by molar-refractivity contribution is 0.0947. The average molecular weight is 287 g/mol. The Labute approximate surface area is 118 Å². The Kier molecular flexibility index (Phi) is 3.85. The standard InChI is InChI=1S/C13H15ClN2O.ClH/c1-7-2-3-8(11(14)4-7)13(17)16-12-9-5-15-6-10(9)12;/h2-4,9-10,12,15H,5-6H2,1H3,(H,16,17);1H. The number of nitrogens with one attached hydrogen (secondary N) is 2. The van der Waals surface area contributed by atoms with Gasteiger partial charge in [0.2, 0.25) is 0 Å². The Morgan fingerprint density at radius 2 is 2.06 bits per heavy atom. The highest BCUT2D eigenvalue weighted by Crippen LogP contribution is 2.41. The van der Waals surface area contributed by atoms with Crippen LogP contribution in [0, 0.1) is 18.8 Å². The fraction of sp³-hybridized carbons (Fsp3) is 0.462. The summed E-state index contributed by atoms with van der Waals surface area (Å²) in [6, 6.07) is 5.88. The molecule has 0 radical (unpaired) electrons. The summed E-state index contributed by atoms with van der Waals surface area (Å²) in [4.78, 5) is 12.0. The molecule has 1 heterocycles. The SMILES string of the molecule is Cc1ccc(C(=O)NC2C3CNCC32)c(Cl)c1.Cl. The van der Waals surface area contributed by atoms with Crippen LogP contribution in [0.5, 0.6) is 0 Å². The van der Waals surface area contributed by atoms with Crippen LogP contribution >= 0.6 is 24.0 Å². The van der Waals surface area contributed by atoms with Crippen LogP contribution in [-0.4, -0.2) is 25.0 Å². The number of benzene rings is 1. The highest BCUT2D eigenvalue weighted by Gasteiger charge is 2.53. The smallest absolute Gasteiger partial charge is 0.253 e. The molecule has 0 aromatic heterocycles. The Hall–Kier alpha value is -0.770. The number of aryl methyl sites for hydroxylation is 1. The number of piperidine rings is 1. The molecule has 1 aromatic carbocycles. The first-order valence-corrected chi connectivity index (χ1v) is 6.32. The van der Waals surface area contributed by atoms with E-state index in [1.54, 1.807) is 6.07 Å². The molecule has 3 nitrogen and oxygen atoms in total. The van der Waals surface area contributed by atoms with Gasteiger partial charge in [0.15, 0.2) is 0 Å². The van der Waals surface area contributed by atoms with Crippen LogP contribution < -0.4 is 10.6 Å². The fourth-order valence-corrected chi connectivity index (χ4v) is 2.99. The minimum absolute atomic E-state index is 0. The highest BCUT2D eigenvalue weighted by atomic mass is 35.5. The van der Waals surface area contributed by atoms with Gasteiger partial charge in [0, 0.05) is 19.1 Å². The summed E-state index contributed by atoms with van der Waals surface area (Å²) in [7, 11) is 0. The van der Waals surface area contributed by atoms with E-state index in [-0.39, 0.29) is 18.3 Å². The molecule has 98 valence electrons. The van der Waals surface area contributed by atoms with Gasteiger partial charge in [-0.25, -0.2) is 0 Å². The maximum Gasteiger partial charge on any atom is 0.253 e. The van der Waals surface area contributed by atoms with E-state index < -0.39 is 0 Å². The average Bonchev–Trinajstić information content (AvgIpc) is 2.74. The largest absolute Gasteiger partial charge is 0.349 e. The van der Waals surface area contributed by atoms with Crippen molar-refractivity contribution in [2.45, 2.75) is 13.0 Å². The zero-order valence-corrected chi connectivity index (χ0v) is 11.6. The lowest BCUT2D eigenvalue weighted by atomic mass is 10.1. The molecular formula is C13H16Cl2N2O. The van der Waals surface area contributed by atoms with Gasteiger partial charge in [-0.15, -0.1) is 12.4 Å². The zero-order valence-electron chi connectivity index (χ0n) is 10.1. The molecule has 2 fully saturated rings. The van der Waals surface area contributed by atoms with E-state index in [9.17, 15) is 4.79 Å². The van der Waals surface area contributed by atoms with Crippen LogP contribution in [-0.2, 0) is 0 Å². The van der Waals surface area contributed by atoms with E-state index in [4.69, 9.17) is 11.6 Å². The van der Waals surface area contributed by atoms with E-state index in [1.807, 2.05) is 19.1 Å². The molecule has 2 atom stereocenters. The maximum absolute atomic E-state index is 12.0. The van der Waals surface area contributed by atoms with Gasteiger partial charge in [-0.05, 0) is 36.5 Å². The number of halogens is 2. The van der Waals surface area contributed by atoms with Gasteiger partial charge in [0.1, 0.15) is 0 Å². The molecule has 1 saturated carbocycles. The van der Waals surface area contributed by atoms with E-state index >= 15 is 0 Å². The van der Waals surface area contributed by atoms with Crippen molar-refractivity contribution in [2.75, 3.05) is 13.1 Å². The van der Waals surface area contributed by atoms with Gasteiger partial charge in [0.05, 0.1) is 10.6 Å². The number of hydrogen-bond acceptors (Lipinski definition) is 2. The number of carbonyl (C=O) groups is 1. The summed E-state index contributed by atoms with van der Waals surface area (Å²) < 4.78 is 0. The second kappa shape index (κ2) is 5.08. The van der Waals surface area contributed by atoms with E-state index in [1.165, 1.54) is 0 Å². The Bertz CT molecular complexity index is 468. The molecule has 1 saturated heterocycles. The third-order valence-corrected chi connectivity index (χ3v) is 4.07. The van der Waals surface area contributed by atoms with Crippen LogP contribution in [0.25, 0.3) is 0 Å². The second-order valence-electron chi connectivity index (χ2n) is 4.97. The molecule has 1 aliphatic heterocycles. The van der Waals surface area contributed by atoms with Gasteiger partial charge in [-0.3, -0.25) is 4.79 Å². The first-order chi connectivity index (χ1) is 8.16. The highest BCUT2D eigenvalue weighted by molar-refractivity contribution is 6.33. The van der Waals surface area contributed by atoms with Gasteiger partial charge in [-0.2, -0.15) is 0 Å². The van der Waals surface area contributed by atoms with Crippen molar-refractivity contribution in [1.82, 2.24) is 10.6 Å². The van der Waals surface area contributed by atoms with Crippen LogP contribution in [0.2, 0.25) is 5.02 Å². The summed E-state index contributed by atoms with van der Waals surface area (Å²) >= 11 is 6.08. The van der Waals surface area contributed by atoms with Crippen LogP contribution in [0.1, 0.15) is 15.9 Å². The van der Waals surface area contributed by atoms with Crippen molar-refractivity contribution in [2.24, 2.45) is 11.8 Å². The monoisotopic (exact) mass is 286 g/mol. The molecule has 3 rings (SSSR count). The van der Waals surface area contributed by atoms with Crippen molar-refractivity contribution in [3.8, 4) is 0 Å². The van der Waals surface area contributed by atoms with Crippen molar-refractivity contribution in [1.29, 1.82) is 0 Å². The first-order valence-electron chi connectivity index (χ1n) is 5.94. The molecule has 1 amide bonds. The molecule has 2 aliphatic rings. The number of hydrogen-bond donors (Lipinski definition) is 2. The second-order valence-corrected chi connectivity index (χ2v) is 5.38. The normalized spacial score (nSPS) is 28.2. The van der Waals surface area contributed by atoms with Crippen molar-refractivity contribution >= 4 is 29.9 Å². The fourth-order valence-electron chi connectivity index (χ4n) is 2.67. The molecule has 1 aromatic rings. The van der Waals surface area contributed by atoms with Crippen LogP contribution in [0.4, 0.5) is 0 Å². The maximum atomic E-state index is 12.0. The zero-order chi connectivity index (χ0) is 12.0. The molecule has 5 heteroatoms. The van der Waals surface area contributed by atoms with Gasteiger partial charge >= 0.3 is 0 Å². The van der Waals surface area contributed by atoms with E-state index in [2.05, 4.69) is 10.6 Å². The Morgan fingerprint density at radius 3 is 2.67 bits per heavy atom. The third kappa shape index (κ3) is 2.35. The summed E-state index contributed by atoms with van der Waals surface area (Å²) in [5.74, 6) is 1.21. The summed E-state index contributed by atoms with van der Waals surface area (Å²) in [6.45, 7) is 4.01. The number of fused-ring (bicyclic) bond motifs is 1. The summed E-state index contributed by atoms with van der Waals surface area (Å²) in [6.07, 6.45) is 0. The van der Waals surface area contributed by atoms with Crippen molar-refractivity contribution in [3.63, 3.8) is 0 Å². The van der Waals surface area contributed by atoms with Gasteiger partial charge in [0.25, 0.3) is 5.91 Å². The predicted octanol–water partition coefficient (Wildman–Crippen LogP) is 2.02. The van der Waals surface area contributed by atoms with Crippen molar-refractivity contribution < 1.29 is 4.79 Å². The van der Waals surface area contributed by atoms with E-state index in [0.717, 1.165) is 18.7 Å². The number of carbonyl (C=O) groups excluding carboxylic acids is 1. The van der Waals surface area contributed by atoms with Crippen LogP contribution in [0.3, 0.4) is 0 Å². The minimum atomic E-state index is -0.0469. The molecular weight excluding hydrogens is 271 g/mol. The predicted molar refractivity (Wildman–Crippen MR) is 74.5 cm³/mol. The summed E-state index contributed by atoms with van der Waals surface area (Å²) in [5.41, 5.74) is 1.65. The molecule has 0 spiro atoms. The Morgan fingerprint density at radius 1 is 1.39 bits per heavy atom. The summed E-state index contributed by atoms with van der Waals surface area (Å²) in [5, 5.41) is 6.91. The van der Waals surface area contributed by atoms with Gasteiger partial charge < -0.3 is 10.6 Å². The molecule has 0 bridgehead atoms. The van der Waals surface area contributed by atoms with E-state index in [0.29, 0.717) is 28.5 Å². The quantitative estimate of drug-likeness (QED) is 0.873. The number of amides is 1. The first kappa shape index (κ1) is 13.7. The lowest BCUT2D eigenvalue weighted by Crippen LogP contribution is -2.32. The van der Waals surface area contributed by atoms with Gasteiger partial charge in [-0.1, -0.05) is 17.7 Å². The lowest BCUT2D eigenvalue weighted by Gasteiger charge is -2.09. The minimum Gasteiger partial charge on any atom is -0.349 e.